The van der Waals surface area contributed by atoms with Crippen molar-refractivity contribution >= 4 is 5.78 Å². The van der Waals surface area contributed by atoms with Gasteiger partial charge in [0.05, 0.1) is 0 Å². The van der Waals surface area contributed by atoms with E-state index < -0.39 is 0 Å². The maximum absolute atomic E-state index is 11.9. The molecule has 0 rings (SSSR count). The molecule has 0 saturated heterocycles. The Hall–Kier alpha value is -0.590. The number of allylic oxidation sites excluding steroid dienone is 2. The minimum absolute atomic E-state index is 0.340. The normalized spacial score (nSPS) is 11.6. The summed E-state index contributed by atoms with van der Waals surface area (Å²) < 4.78 is 0. The van der Waals surface area contributed by atoms with Crippen LogP contribution in [0.4, 0.5) is 0 Å². The molecule has 0 N–H and O–H groups in total. The zero-order chi connectivity index (χ0) is 26.9. The van der Waals surface area contributed by atoms with Gasteiger partial charge in [0.25, 0.3) is 0 Å². The number of ketones is 1. The highest BCUT2D eigenvalue weighted by atomic mass is 16.1. The van der Waals surface area contributed by atoms with Crippen LogP contribution in [-0.4, -0.2) is 5.78 Å². The molecule has 0 heterocycles. The summed E-state index contributed by atoms with van der Waals surface area (Å²) in [5.41, 5.74) is 0. The first kappa shape index (κ1) is 36.4. The fourth-order valence-electron chi connectivity index (χ4n) is 5.43. The van der Waals surface area contributed by atoms with E-state index in [1.165, 1.54) is 180 Å². The Morgan fingerprint density at radius 1 is 0.378 bits per heavy atom. The van der Waals surface area contributed by atoms with Crippen LogP contribution in [0.5, 0.6) is 0 Å². The highest BCUT2D eigenvalue weighted by Gasteiger charge is 1.98. The fourth-order valence-corrected chi connectivity index (χ4v) is 5.43. The average molecular weight is 519 g/mol. The number of hydrogen-bond acceptors (Lipinski definition) is 1. The largest absolute Gasteiger partial charge is 0.295 e. The first-order valence-corrected chi connectivity index (χ1v) is 17.5. The SMILES string of the molecule is CCCCCCCCCCCCCCCCCCCCCCCCC=CC(=O)CCCCCCCCC. The van der Waals surface area contributed by atoms with Gasteiger partial charge >= 0.3 is 0 Å². The summed E-state index contributed by atoms with van der Waals surface area (Å²) in [7, 11) is 0. The van der Waals surface area contributed by atoms with Crippen molar-refractivity contribution in [3.8, 4) is 0 Å². The van der Waals surface area contributed by atoms with Crippen molar-refractivity contribution in [3.63, 3.8) is 0 Å². The van der Waals surface area contributed by atoms with Crippen LogP contribution in [0, 0.1) is 0 Å². The van der Waals surface area contributed by atoms with E-state index in [1.807, 2.05) is 6.08 Å². The maximum atomic E-state index is 11.9. The quantitative estimate of drug-likeness (QED) is 0.0639. The van der Waals surface area contributed by atoms with Crippen molar-refractivity contribution in [3.05, 3.63) is 12.2 Å². The predicted molar refractivity (Wildman–Crippen MR) is 169 cm³/mol. The van der Waals surface area contributed by atoms with Gasteiger partial charge in [-0.2, -0.15) is 0 Å². The second-order valence-corrected chi connectivity index (χ2v) is 12.0. The van der Waals surface area contributed by atoms with Crippen LogP contribution in [0.2, 0.25) is 0 Å². The van der Waals surface area contributed by atoms with E-state index in [1.54, 1.807) is 0 Å². The molecule has 0 spiro atoms. The van der Waals surface area contributed by atoms with Crippen LogP contribution in [0.15, 0.2) is 12.2 Å². The van der Waals surface area contributed by atoms with E-state index in [-0.39, 0.29) is 0 Å². The van der Waals surface area contributed by atoms with Crippen molar-refractivity contribution in [2.24, 2.45) is 0 Å². The van der Waals surface area contributed by atoms with Gasteiger partial charge in [-0.3, -0.25) is 4.79 Å². The Morgan fingerprint density at radius 2 is 0.649 bits per heavy atom. The summed E-state index contributed by atoms with van der Waals surface area (Å²) in [5, 5.41) is 0. The average Bonchev–Trinajstić information content (AvgIpc) is 2.90. The molecule has 0 aliphatic heterocycles. The van der Waals surface area contributed by atoms with E-state index >= 15 is 0 Å². The third-order valence-electron chi connectivity index (χ3n) is 8.05. The fraction of sp³-hybridized carbons (Fsp3) is 0.917. The van der Waals surface area contributed by atoms with Gasteiger partial charge in [0.2, 0.25) is 0 Å². The molecule has 1 nitrogen and oxygen atoms in total. The summed E-state index contributed by atoms with van der Waals surface area (Å²) in [6, 6.07) is 0. The van der Waals surface area contributed by atoms with E-state index in [4.69, 9.17) is 0 Å². The number of rotatable bonds is 32. The second-order valence-electron chi connectivity index (χ2n) is 12.0. The Kier molecular flexibility index (Phi) is 32.9. The monoisotopic (exact) mass is 519 g/mol. The highest BCUT2D eigenvalue weighted by Crippen LogP contribution is 2.15. The third-order valence-corrected chi connectivity index (χ3v) is 8.05. The van der Waals surface area contributed by atoms with Gasteiger partial charge in [-0.15, -0.1) is 0 Å². The molecule has 1 heteroatoms. The Balaban J connectivity index is 3.16. The highest BCUT2D eigenvalue weighted by molar-refractivity contribution is 5.89. The summed E-state index contributed by atoms with van der Waals surface area (Å²) in [6.07, 6.45) is 46.4. The molecule has 0 atom stereocenters. The van der Waals surface area contributed by atoms with Gasteiger partial charge in [0.1, 0.15) is 0 Å². The molecule has 0 aromatic rings. The molecule has 220 valence electrons. The molecule has 0 saturated carbocycles. The molecule has 0 aliphatic carbocycles. The lowest BCUT2D eigenvalue weighted by atomic mass is 10.0. The lowest BCUT2D eigenvalue weighted by Crippen LogP contribution is -1.92. The van der Waals surface area contributed by atoms with Crippen LogP contribution in [-0.2, 0) is 4.79 Å². The third kappa shape index (κ3) is 33.4. The molecule has 37 heavy (non-hydrogen) atoms. The predicted octanol–water partition coefficient (Wildman–Crippen LogP) is 13.2. The van der Waals surface area contributed by atoms with Gasteiger partial charge in [0.15, 0.2) is 5.78 Å². The Morgan fingerprint density at radius 3 is 0.973 bits per heavy atom. The van der Waals surface area contributed by atoms with Crippen LogP contribution in [0.25, 0.3) is 0 Å². The molecule has 0 bridgehead atoms. The number of unbranched alkanes of at least 4 members (excludes halogenated alkanes) is 28. The molecule has 0 aliphatic rings. The minimum atomic E-state index is 0.340. The molecule has 0 aromatic heterocycles. The van der Waals surface area contributed by atoms with Crippen LogP contribution >= 0.6 is 0 Å². The van der Waals surface area contributed by atoms with Crippen molar-refractivity contribution in [1.29, 1.82) is 0 Å². The first-order chi connectivity index (χ1) is 18.3. The van der Waals surface area contributed by atoms with Gasteiger partial charge in [0, 0.05) is 6.42 Å². The smallest absolute Gasteiger partial charge is 0.155 e. The van der Waals surface area contributed by atoms with Crippen molar-refractivity contribution in [1.82, 2.24) is 0 Å². The molecule has 0 amide bonds. The number of carbonyl (C=O) groups is 1. The van der Waals surface area contributed by atoms with Crippen LogP contribution in [0.1, 0.15) is 213 Å². The minimum Gasteiger partial charge on any atom is -0.295 e. The number of hydrogen-bond donors (Lipinski definition) is 0. The van der Waals surface area contributed by atoms with Gasteiger partial charge < -0.3 is 0 Å². The standard InChI is InChI=1S/C36H70O/c1-3-5-7-9-11-12-13-14-15-16-17-18-19-20-21-22-23-24-25-26-27-29-31-33-35-36(37)34-32-30-28-10-8-6-4-2/h33,35H,3-32,34H2,1-2H3. The lowest BCUT2D eigenvalue weighted by molar-refractivity contribution is -0.114. The molecular weight excluding hydrogens is 448 g/mol. The van der Waals surface area contributed by atoms with Crippen LogP contribution in [0.3, 0.4) is 0 Å². The van der Waals surface area contributed by atoms with E-state index in [0.29, 0.717) is 5.78 Å². The van der Waals surface area contributed by atoms with Gasteiger partial charge in [-0.1, -0.05) is 193 Å². The van der Waals surface area contributed by atoms with Gasteiger partial charge in [-0.05, 0) is 25.3 Å². The summed E-state index contributed by atoms with van der Waals surface area (Å²) in [5.74, 6) is 0.340. The van der Waals surface area contributed by atoms with Crippen molar-refractivity contribution in [2.45, 2.75) is 213 Å². The molecule has 0 unspecified atom stereocenters. The van der Waals surface area contributed by atoms with Gasteiger partial charge in [-0.25, -0.2) is 0 Å². The Bertz CT molecular complexity index is 452. The summed E-state index contributed by atoms with van der Waals surface area (Å²) >= 11 is 0. The van der Waals surface area contributed by atoms with E-state index in [0.717, 1.165) is 19.3 Å². The first-order valence-electron chi connectivity index (χ1n) is 17.5. The molecular formula is C36H70O. The lowest BCUT2D eigenvalue weighted by Gasteiger charge is -2.04. The summed E-state index contributed by atoms with van der Waals surface area (Å²) in [4.78, 5) is 11.9. The number of carbonyl (C=O) groups excluding carboxylic acids is 1. The van der Waals surface area contributed by atoms with E-state index in [2.05, 4.69) is 19.9 Å². The Labute approximate surface area is 235 Å². The topological polar surface area (TPSA) is 17.1 Å². The molecule has 0 fully saturated rings. The van der Waals surface area contributed by atoms with Crippen molar-refractivity contribution < 1.29 is 4.79 Å². The van der Waals surface area contributed by atoms with E-state index in [9.17, 15) is 4.79 Å². The molecule has 0 radical (unpaired) electrons. The van der Waals surface area contributed by atoms with Crippen LogP contribution < -0.4 is 0 Å². The molecule has 0 aromatic carbocycles. The zero-order valence-electron chi connectivity index (χ0n) is 26.0. The second kappa shape index (κ2) is 33.4. The zero-order valence-corrected chi connectivity index (χ0v) is 26.0. The maximum Gasteiger partial charge on any atom is 0.155 e. The van der Waals surface area contributed by atoms with Crippen molar-refractivity contribution in [2.75, 3.05) is 0 Å². The summed E-state index contributed by atoms with van der Waals surface area (Å²) in [6.45, 7) is 4.56.